The van der Waals surface area contributed by atoms with Crippen LogP contribution in [0.25, 0.3) is 16.7 Å². The molecule has 0 saturated heterocycles. The Labute approximate surface area is 180 Å². The van der Waals surface area contributed by atoms with Crippen molar-refractivity contribution < 1.29 is 0 Å². The van der Waals surface area contributed by atoms with Gasteiger partial charge in [0.15, 0.2) is 0 Å². The molecule has 3 aliphatic rings. The van der Waals surface area contributed by atoms with Crippen molar-refractivity contribution in [3.05, 3.63) is 71.6 Å². The van der Waals surface area contributed by atoms with Crippen LogP contribution in [-0.4, -0.2) is 9.55 Å². The van der Waals surface area contributed by atoms with Crippen LogP contribution in [0.5, 0.6) is 0 Å². The summed E-state index contributed by atoms with van der Waals surface area (Å²) in [4.78, 5) is 4.69. The zero-order valence-electron chi connectivity index (χ0n) is 18.4. The van der Waals surface area contributed by atoms with Crippen molar-refractivity contribution in [2.24, 2.45) is 17.3 Å². The summed E-state index contributed by atoms with van der Waals surface area (Å²) in [6.45, 7) is 7.16. The molecule has 0 radical (unpaired) electrons. The molecule has 1 saturated carbocycles. The van der Waals surface area contributed by atoms with Gasteiger partial charge in [-0.3, -0.25) is 0 Å². The first-order valence-corrected chi connectivity index (χ1v) is 11.8. The number of rotatable bonds is 2. The number of aryl methyl sites for hydroxylation is 1. The largest absolute Gasteiger partial charge is 0.302 e. The Morgan fingerprint density at radius 2 is 1.97 bits per heavy atom. The number of hydrogen-bond donors (Lipinski definition) is 0. The minimum absolute atomic E-state index is 0.264. The SMILES string of the molecule is CC(C)c1ccc2c(c1)CCC1C2CC[C@]2(C)C(n3cnc4ccccc43)=CCC12. The highest BCUT2D eigenvalue weighted by atomic mass is 15.1. The molecular weight excluding hydrogens is 364 g/mol. The predicted molar refractivity (Wildman–Crippen MR) is 125 cm³/mol. The van der Waals surface area contributed by atoms with Crippen LogP contribution >= 0.6 is 0 Å². The van der Waals surface area contributed by atoms with Crippen molar-refractivity contribution in [2.75, 3.05) is 0 Å². The topological polar surface area (TPSA) is 17.8 Å². The zero-order valence-corrected chi connectivity index (χ0v) is 18.4. The normalized spacial score (nSPS) is 30.1. The van der Waals surface area contributed by atoms with Crippen molar-refractivity contribution >= 4 is 16.7 Å². The number of aromatic nitrogens is 2. The molecule has 1 heterocycles. The van der Waals surface area contributed by atoms with Crippen LogP contribution < -0.4 is 0 Å². The van der Waals surface area contributed by atoms with Gasteiger partial charge in [0.2, 0.25) is 0 Å². The first-order chi connectivity index (χ1) is 14.6. The third-order valence-electron chi connectivity index (χ3n) is 8.67. The number of fused-ring (bicyclic) bond motifs is 6. The second-order valence-electron chi connectivity index (χ2n) is 10.4. The molecule has 3 aliphatic carbocycles. The van der Waals surface area contributed by atoms with E-state index in [1.54, 1.807) is 11.1 Å². The van der Waals surface area contributed by atoms with Gasteiger partial charge in [0, 0.05) is 11.1 Å². The number of allylic oxidation sites excluding steroid dienone is 2. The molecule has 6 rings (SSSR count). The molecule has 0 bridgehead atoms. The van der Waals surface area contributed by atoms with E-state index in [0.29, 0.717) is 5.92 Å². The average Bonchev–Trinajstić information content (AvgIpc) is 3.33. The first-order valence-electron chi connectivity index (χ1n) is 11.8. The van der Waals surface area contributed by atoms with Gasteiger partial charge in [-0.15, -0.1) is 0 Å². The van der Waals surface area contributed by atoms with Gasteiger partial charge in [-0.2, -0.15) is 0 Å². The lowest BCUT2D eigenvalue weighted by molar-refractivity contribution is 0.0856. The maximum atomic E-state index is 4.69. The quantitative estimate of drug-likeness (QED) is 0.449. The van der Waals surface area contributed by atoms with E-state index in [4.69, 9.17) is 0 Å². The van der Waals surface area contributed by atoms with Crippen molar-refractivity contribution in [1.29, 1.82) is 0 Å². The van der Waals surface area contributed by atoms with Crippen LogP contribution in [0.15, 0.2) is 54.9 Å². The maximum absolute atomic E-state index is 4.69. The summed E-state index contributed by atoms with van der Waals surface area (Å²) in [5.41, 5.74) is 8.93. The molecule has 2 aromatic carbocycles. The molecular formula is C28H32N2. The molecule has 0 spiro atoms. The smallest absolute Gasteiger partial charge is 0.100 e. The summed E-state index contributed by atoms with van der Waals surface area (Å²) in [5.74, 6) is 2.93. The van der Waals surface area contributed by atoms with E-state index in [9.17, 15) is 0 Å². The van der Waals surface area contributed by atoms with Crippen LogP contribution in [0.4, 0.5) is 0 Å². The molecule has 4 atom stereocenters. The number of para-hydroxylation sites is 2. The highest BCUT2D eigenvalue weighted by Crippen LogP contribution is 2.62. The van der Waals surface area contributed by atoms with Crippen molar-refractivity contribution in [3.8, 4) is 0 Å². The lowest BCUT2D eigenvalue weighted by Crippen LogP contribution is -2.41. The monoisotopic (exact) mass is 396 g/mol. The van der Waals surface area contributed by atoms with E-state index >= 15 is 0 Å². The summed E-state index contributed by atoms with van der Waals surface area (Å²) in [7, 11) is 0. The molecule has 1 aromatic heterocycles. The summed E-state index contributed by atoms with van der Waals surface area (Å²) < 4.78 is 2.39. The van der Waals surface area contributed by atoms with Gasteiger partial charge < -0.3 is 4.57 Å². The Kier molecular flexibility index (Phi) is 4.04. The van der Waals surface area contributed by atoms with E-state index in [-0.39, 0.29) is 5.41 Å². The second kappa shape index (κ2) is 6.57. The first kappa shape index (κ1) is 18.4. The number of benzene rings is 2. The Balaban J connectivity index is 1.35. The molecule has 154 valence electrons. The van der Waals surface area contributed by atoms with Gasteiger partial charge in [-0.25, -0.2) is 4.98 Å². The molecule has 3 unspecified atom stereocenters. The van der Waals surface area contributed by atoms with Crippen LogP contribution in [0.3, 0.4) is 0 Å². The highest BCUT2D eigenvalue weighted by molar-refractivity contribution is 5.80. The zero-order chi connectivity index (χ0) is 20.5. The van der Waals surface area contributed by atoms with E-state index in [0.717, 1.165) is 23.3 Å². The molecule has 2 nitrogen and oxygen atoms in total. The van der Waals surface area contributed by atoms with Gasteiger partial charge in [-0.1, -0.05) is 57.2 Å². The molecule has 1 fully saturated rings. The summed E-state index contributed by atoms with van der Waals surface area (Å²) in [6.07, 6.45) is 11.0. The molecule has 0 N–H and O–H groups in total. The minimum atomic E-state index is 0.264. The Morgan fingerprint density at radius 3 is 2.83 bits per heavy atom. The Hall–Kier alpha value is -2.35. The molecule has 2 heteroatoms. The van der Waals surface area contributed by atoms with E-state index in [1.807, 2.05) is 0 Å². The number of hydrogen-bond acceptors (Lipinski definition) is 1. The minimum Gasteiger partial charge on any atom is -0.302 e. The van der Waals surface area contributed by atoms with E-state index < -0.39 is 0 Å². The average molecular weight is 397 g/mol. The van der Waals surface area contributed by atoms with Crippen LogP contribution in [0.1, 0.15) is 75.0 Å². The van der Waals surface area contributed by atoms with Crippen LogP contribution in [-0.2, 0) is 6.42 Å². The molecule has 0 amide bonds. The van der Waals surface area contributed by atoms with Gasteiger partial charge in [0.25, 0.3) is 0 Å². The van der Waals surface area contributed by atoms with E-state index in [2.05, 4.69) is 85.2 Å². The Morgan fingerprint density at radius 1 is 1.10 bits per heavy atom. The van der Waals surface area contributed by atoms with Crippen LogP contribution in [0, 0.1) is 17.3 Å². The summed E-state index contributed by atoms with van der Waals surface area (Å²) in [6, 6.07) is 16.0. The van der Waals surface area contributed by atoms with Gasteiger partial charge in [-0.05, 0) is 84.6 Å². The highest BCUT2D eigenvalue weighted by Gasteiger charge is 2.52. The fourth-order valence-corrected chi connectivity index (χ4v) is 7.03. The molecule has 0 aliphatic heterocycles. The lowest BCUT2D eigenvalue weighted by atomic mass is 9.55. The third-order valence-corrected chi connectivity index (χ3v) is 8.67. The van der Waals surface area contributed by atoms with E-state index in [1.165, 1.54) is 48.9 Å². The number of nitrogens with zero attached hydrogens (tertiary/aromatic N) is 2. The van der Waals surface area contributed by atoms with Crippen LogP contribution in [0.2, 0.25) is 0 Å². The third kappa shape index (κ3) is 2.52. The predicted octanol–water partition coefficient (Wildman–Crippen LogP) is 7.17. The second-order valence-corrected chi connectivity index (χ2v) is 10.4. The van der Waals surface area contributed by atoms with Gasteiger partial charge in [0.05, 0.1) is 11.0 Å². The standard InChI is InChI=1S/C28H32N2/c1-18(2)19-8-10-21-20(16-19)9-11-23-22(21)14-15-28(3)24(23)12-13-27(28)30-17-29-25-6-4-5-7-26(25)30/h4-8,10,13,16-18,22-24H,9,11-12,14-15H2,1-3H3/t22?,23?,24?,28-/m0/s1. The fourth-order valence-electron chi connectivity index (χ4n) is 7.03. The number of imidazole rings is 1. The summed E-state index contributed by atoms with van der Waals surface area (Å²) in [5, 5.41) is 0. The van der Waals surface area contributed by atoms with Crippen molar-refractivity contribution in [1.82, 2.24) is 9.55 Å². The lowest BCUT2D eigenvalue weighted by Gasteiger charge is -2.50. The van der Waals surface area contributed by atoms with Crippen molar-refractivity contribution in [3.63, 3.8) is 0 Å². The maximum Gasteiger partial charge on any atom is 0.100 e. The van der Waals surface area contributed by atoms with Crippen molar-refractivity contribution in [2.45, 2.75) is 64.7 Å². The molecule has 30 heavy (non-hydrogen) atoms. The fraction of sp³-hybridized carbons (Fsp3) is 0.464. The van der Waals surface area contributed by atoms with Gasteiger partial charge in [0.1, 0.15) is 6.33 Å². The summed E-state index contributed by atoms with van der Waals surface area (Å²) >= 11 is 0. The molecule has 3 aromatic rings. The van der Waals surface area contributed by atoms with Gasteiger partial charge >= 0.3 is 0 Å². The Bertz CT molecular complexity index is 1150.